The molecular formula is C32H40O8. The number of Topliss-reactive ketones (excluding diaryl/α,β-unsaturated/α-hetero) is 1. The first kappa shape index (κ1) is 28.4. The Labute approximate surface area is 235 Å². The van der Waals surface area contributed by atoms with Gasteiger partial charge in [-0.15, -0.1) is 0 Å². The Morgan fingerprint density at radius 1 is 1.15 bits per heavy atom. The van der Waals surface area contributed by atoms with Gasteiger partial charge in [0.05, 0.1) is 32.0 Å². The van der Waals surface area contributed by atoms with E-state index < -0.39 is 52.2 Å². The number of rotatable bonds is 5. The number of carbonyl (C=O) groups excluding carboxylic acids is 4. The van der Waals surface area contributed by atoms with E-state index in [1.165, 1.54) is 7.11 Å². The third-order valence-corrected chi connectivity index (χ3v) is 10.8. The molecule has 8 atom stereocenters. The molecule has 40 heavy (non-hydrogen) atoms. The average molecular weight is 553 g/mol. The molecule has 8 heteroatoms. The zero-order valence-corrected chi connectivity index (χ0v) is 24.4. The Bertz CT molecular complexity index is 1290. The van der Waals surface area contributed by atoms with E-state index in [9.17, 15) is 19.2 Å². The molecule has 1 saturated heterocycles. The van der Waals surface area contributed by atoms with Gasteiger partial charge in [-0.1, -0.05) is 45.4 Å². The molecule has 2 bridgehead atoms. The van der Waals surface area contributed by atoms with Crippen molar-refractivity contribution in [3.63, 3.8) is 0 Å². The fraction of sp³-hybridized carbons (Fsp3) is 0.625. The normalized spacial score (nSPS) is 38.4. The maximum Gasteiger partial charge on any atom is 0.333 e. The Morgan fingerprint density at radius 3 is 2.50 bits per heavy atom. The van der Waals surface area contributed by atoms with Crippen molar-refractivity contribution in [1.29, 1.82) is 0 Å². The van der Waals surface area contributed by atoms with Gasteiger partial charge in [0, 0.05) is 33.8 Å². The van der Waals surface area contributed by atoms with Crippen molar-refractivity contribution < 1.29 is 37.8 Å². The van der Waals surface area contributed by atoms with Gasteiger partial charge in [0.15, 0.2) is 0 Å². The van der Waals surface area contributed by atoms with Gasteiger partial charge in [-0.2, -0.15) is 0 Å². The summed E-state index contributed by atoms with van der Waals surface area (Å²) in [5.41, 5.74) is 0.283. The summed E-state index contributed by atoms with van der Waals surface area (Å²) in [5, 5.41) is 0. The van der Waals surface area contributed by atoms with Crippen molar-refractivity contribution in [2.45, 2.75) is 79.4 Å². The highest BCUT2D eigenvalue weighted by Crippen LogP contribution is 2.68. The van der Waals surface area contributed by atoms with Gasteiger partial charge in [-0.05, 0) is 50.5 Å². The average Bonchev–Trinajstić information content (AvgIpc) is 3.45. The second kappa shape index (κ2) is 9.74. The number of esters is 3. The molecule has 8 unspecified atom stereocenters. The molecule has 1 aromatic heterocycles. The van der Waals surface area contributed by atoms with Crippen LogP contribution in [0.4, 0.5) is 0 Å². The van der Waals surface area contributed by atoms with Crippen molar-refractivity contribution in [3.05, 3.63) is 47.5 Å². The maximum atomic E-state index is 14.4. The minimum absolute atomic E-state index is 0.0150. The summed E-state index contributed by atoms with van der Waals surface area (Å²) in [6, 6.07) is 1.83. The van der Waals surface area contributed by atoms with Crippen LogP contribution in [0, 0.1) is 39.9 Å². The number of hydrogen-bond acceptors (Lipinski definition) is 8. The van der Waals surface area contributed by atoms with Crippen LogP contribution in [-0.4, -0.2) is 36.9 Å². The van der Waals surface area contributed by atoms with Crippen LogP contribution in [0.1, 0.15) is 78.9 Å². The van der Waals surface area contributed by atoms with Gasteiger partial charge in [0.1, 0.15) is 18.0 Å². The molecule has 5 rings (SSSR count). The molecule has 0 N–H and O–H groups in total. The molecule has 2 heterocycles. The number of carbonyl (C=O) groups is 4. The van der Waals surface area contributed by atoms with Crippen LogP contribution in [0.25, 0.3) is 0 Å². The molecular weight excluding hydrogens is 512 g/mol. The first-order valence-corrected chi connectivity index (χ1v) is 14.2. The van der Waals surface area contributed by atoms with Crippen molar-refractivity contribution >= 4 is 23.7 Å². The number of ketones is 1. The first-order valence-electron chi connectivity index (χ1n) is 14.2. The summed E-state index contributed by atoms with van der Waals surface area (Å²) in [5.74, 6) is -2.66. The lowest BCUT2D eigenvalue weighted by Crippen LogP contribution is -2.66. The Morgan fingerprint density at radius 2 is 1.88 bits per heavy atom. The number of methoxy groups -OCH3 is 1. The summed E-state index contributed by atoms with van der Waals surface area (Å²) in [6.45, 7) is 11.5. The number of furan rings is 1. The Balaban J connectivity index is 1.66. The Kier molecular flexibility index (Phi) is 6.91. The fourth-order valence-electron chi connectivity index (χ4n) is 8.48. The van der Waals surface area contributed by atoms with Crippen molar-refractivity contribution in [1.82, 2.24) is 0 Å². The molecule has 2 saturated carbocycles. The third kappa shape index (κ3) is 4.00. The largest absolute Gasteiger partial charge is 0.472 e. The Hall–Kier alpha value is -3.16. The lowest BCUT2D eigenvalue weighted by Gasteiger charge is -2.63. The highest BCUT2D eigenvalue weighted by molar-refractivity contribution is 5.94. The highest BCUT2D eigenvalue weighted by atomic mass is 16.6. The van der Waals surface area contributed by atoms with E-state index in [1.54, 1.807) is 32.4 Å². The van der Waals surface area contributed by atoms with Crippen molar-refractivity contribution in [2.24, 2.45) is 39.9 Å². The fourth-order valence-corrected chi connectivity index (χ4v) is 8.48. The molecule has 216 valence electrons. The SMILES string of the molecule is CC=C(C)C(=O)OC1C2C=C3C4CC(=O)OC(c5ccoc5)C4(C)CCC3C(C)(C2=O)C(CC(=O)OC)C1(C)C. The molecule has 0 amide bonds. The summed E-state index contributed by atoms with van der Waals surface area (Å²) < 4.78 is 22.5. The molecule has 0 spiro atoms. The van der Waals surface area contributed by atoms with Crippen LogP contribution in [-0.2, 0) is 33.4 Å². The molecule has 1 aliphatic heterocycles. The van der Waals surface area contributed by atoms with Crippen LogP contribution in [0.3, 0.4) is 0 Å². The second-order valence-electron chi connectivity index (χ2n) is 13.1. The lowest BCUT2D eigenvalue weighted by molar-refractivity contribution is -0.195. The van der Waals surface area contributed by atoms with Crippen molar-refractivity contribution in [2.75, 3.05) is 7.11 Å². The predicted octanol–water partition coefficient (Wildman–Crippen LogP) is 5.53. The molecule has 1 aromatic rings. The van der Waals surface area contributed by atoms with Gasteiger partial charge in [-0.3, -0.25) is 14.4 Å². The summed E-state index contributed by atoms with van der Waals surface area (Å²) in [4.78, 5) is 53.3. The lowest BCUT2D eigenvalue weighted by atomic mass is 9.40. The van der Waals surface area contributed by atoms with Crippen LogP contribution < -0.4 is 0 Å². The van der Waals surface area contributed by atoms with E-state index >= 15 is 0 Å². The van der Waals surface area contributed by atoms with Gasteiger partial charge in [0.25, 0.3) is 0 Å². The van der Waals surface area contributed by atoms with Crippen molar-refractivity contribution in [3.8, 4) is 0 Å². The van der Waals surface area contributed by atoms with Crippen LogP contribution in [0.5, 0.6) is 0 Å². The summed E-state index contributed by atoms with van der Waals surface area (Å²) in [7, 11) is 1.35. The van der Waals surface area contributed by atoms with Gasteiger partial charge in [-0.25, -0.2) is 4.79 Å². The molecule has 0 aromatic carbocycles. The van der Waals surface area contributed by atoms with Crippen LogP contribution in [0.15, 0.2) is 46.3 Å². The summed E-state index contributed by atoms with van der Waals surface area (Å²) >= 11 is 0. The monoisotopic (exact) mass is 552 g/mol. The van der Waals surface area contributed by atoms with E-state index in [0.717, 1.165) is 17.6 Å². The summed E-state index contributed by atoms with van der Waals surface area (Å²) in [6.07, 6.45) is 7.30. The molecule has 3 fully saturated rings. The first-order chi connectivity index (χ1) is 18.8. The van der Waals surface area contributed by atoms with E-state index in [0.29, 0.717) is 12.0 Å². The van der Waals surface area contributed by atoms with E-state index in [2.05, 4.69) is 6.92 Å². The van der Waals surface area contributed by atoms with E-state index in [4.69, 9.17) is 18.6 Å². The number of allylic oxidation sites excluding steroid dienone is 2. The van der Waals surface area contributed by atoms with E-state index in [1.807, 2.05) is 32.9 Å². The molecule has 8 nitrogen and oxygen atoms in total. The highest BCUT2D eigenvalue weighted by Gasteiger charge is 2.69. The minimum Gasteiger partial charge on any atom is -0.472 e. The van der Waals surface area contributed by atoms with Gasteiger partial charge < -0.3 is 18.6 Å². The van der Waals surface area contributed by atoms with Gasteiger partial charge >= 0.3 is 17.9 Å². The molecule has 3 aliphatic carbocycles. The van der Waals surface area contributed by atoms with E-state index in [-0.39, 0.29) is 36.4 Å². The van der Waals surface area contributed by atoms with Crippen LogP contribution >= 0.6 is 0 Å². The number of fused-ring (bicyclic) bond motifs is 6. The zero-order chi connectivity index (χ0) is 29.2. The maximum absolute atomic E-state index is 14.4. The zero-order valence-electron chi connectivity index (χ0n) is 24.4. The second-order valence-corrected chi connectivity index (χ2v) is 13.1. The van der Waals surface area contributed by atoms with Crippen LogP contribution in [0.2, 0.25) is 0 Å². The number of ether oxygens (including phenoxy) is 3. The molecule has 0 radical (unpaired) electrons. The third-order valence-electron chi connectivity index (χ3n) is 10.8. The quantitative estimate of drug-likeness (QED) is 0.203. The van der Waals surface area contributed by atoms with Gasteiger partial charge in [0.2, 0.25) is 0 Å². The standard InChI is InChI=1S/C32H40O8/c1-8-17(2)29(36)40-28-20-13-19-21(32(6,26(20)35)23(30(28,3)4)15-24(33)37-7)9-11-31(5)22(19)14-25(34)39-27(31)18-10-12-38-16-18/h8,10,12-13,16,20-23,27-28H,9,11,14-15H2,1-7H3. The topological polar surface area (TPSA) is 109 Å². The predicted molar refractivity (Wildman–Crippen MR) is 144 cm³/mol. The smallest absolute Gasteiger partial charge is 0.333 e. The number of hydrogen-bond donors (Lipinski definition) is 0. The molecule has 4 aliphatic rings. The number of cyclic esters (lactones) is 1. The minimum atomic E-state index is -0.904.